The second kappa shape index (κ2) is 5.48. The molecule has 0 unspecified atom stereocenters. The van der Waals surface area contributed by atoms with E-state index < -0.39 is 0 Å². The predicted molar refractivity (Wildman–Crippen MR) is 70.7 cm³/mol. The van der Waals surface area contributed by atoms with Crippen LogP contribution in [-0.2, 0) is 0 Å². The van der Waals surface area contributed by atoms with Crippen LogP contribution in [0.5, 0.6) is 11.5 Å². The lowest BCUT2D eigenvalue weighted by atomic mass is 10.0. The topological polar surface area (TPSA) is 61.3 Å². The summed E-state index contributed by atoms with van der Waals surface area (Å²) in [7, 11) is 3.18. The Morgan fingerprint density at radius 1 is 1.11 bits per heavy atom. The molecule has 1 aromatic heterocycles. The zero-order valence-electron chi connectivity index (χ0n) is 11.0. The summed E-state index contributed by atoms with van der Waals surface area (Å²) in [5.74, 6) is 1.36. The number of carbonyl (C=O) groups excluding carboxylic acids is 1. The number of hydrogen-bond acceptors (Lipinski definition) is 5. The summed E-state index contributed by atoms with van der Waals surface area (Å²) in [6.45, 7) is 1.93. The molecule has 0 aliphatic carbocycles. The highest BCUT2D eigenvalue weighted by molar-refractivity contribution is 5.78. The lowest BCUT2D eigenvalue weighted by Gasteiger charge is -2.13. The molecule has 19 heavy (non-hydrogen) atoms. The van der Waals surface area contributed by atoms with Crippen LogP contribution in [0.15, 0.2) is 24.5 Å². The number of carbonyl (C=O) groups is 1. The Balaban J connectivity index is 2.63. The van der Waals surface area contributed by atoms with Crippen LogP contribution < -0.4 is 9.47 Å². The minimum atomic E-state index is 0.335. The van der Waals surface area contributed by atoms with E-state index in [-0.39, 0.29) is 0 Å². The molecule has 0 N–H and O–H groups in total. The molecule has 0 saturated heterocycles. The fraction of sp³-hybridized carbons (Fsp3) is 0.214. The van der Waals surface area contributed by atoms with E-state index in [9.17, 15) is 4.79 Å². The quantitative estimate of drug-likeness (QED) is 0.787. The first-order valence-corrected chi connectivity index (χ1v) is 5.69. The summed E-state index contributed by atoms with van der Waals surface area (Å²) in [6, 6.07) is 5.30. The van der Waals surface area contributed by atoms with Gasteiger partial charge in [0.05, 0.1) is 19.9 Å². The van der Waals surface area contributed by atoms with Crippen molar-refractivity contribution >= 4 is 6.29 Å². The highest BCUT2D eigenvalue weighted by atomic mass is 16.5. The predicted octanol–water partition coefficient (Wildman–Crippen LogP) is 2.28. The maximum atomic E-state index is 10.8. The van der Waals surface area contributed by atoms with Crippen LogP contribution in [0.2, 0.25) is 0 Å². The molecule has 0 radical (unpaired) electrons. The van der Waals surface area contributed by atoms with Gasteiger partial charge in [-0.2, -0.15) is 0 Å². The van der Waals surface area contributed by atoms with Gasteiger partial charge in [-0.05, 0) is 24.6 Å². The van der Waals surface area contributed by atoms with Gasteiger partial charge in [-0.1, -0.05) is 0 Å². The zero-order valence-corrected chi connectivity index (χ0v) is 11.0. The standard InChI is InChI=1S/C14H14N2O3/c1-9-4-11(18-2)6-13(19-3)14(9)12-5-10(7-17)15-8-16-12/h4-8H,1-3H3. The number of methoxy groups -OCH3 is 2. The Labute approximate surface area is 111 Å². The summed E-state index contributed by atoms with van der Waals surface area (Å²) in [5, 5.41) is 0. The normalized spacial score (nSPS) is 10.1. The van der Waals surface area contributed by atoms with E-state index in [1.807, 2.05) is 13.0 Å². The maximum Gasteiger partial charge on any atom is 0.168 e. The molecule has 2 aromatic rings. The van der Waals surface area contributed by atoms with Crippen molar-refractivity contribution in [2.45, 2.75) is 6.92 Å². The molecule has 0 saturated carbocycles. The van der Waals surface area contributed by atoms with Crippen molar-refractivity contribution in [1.29, 1.82) is 0 Å². The van der Waals surface area contributed by atoms with Gasteiger partial charge in [-0.25, -0.2) is 9.97 Å². The molecule has 1 heterocycles. The number of benzene rings is 1. The molecule has 5 nitrogen and oxygen atoms in total. The molecule has 5 heteroatoms. The van der Waals surface area contributed by atoms with Crippen molar-refractivity contribution in [2.24, 2.45) is 0 Å². The molecule has 0 atom stereocenters. The fourth-order valence-electron chi connectivity index (χ4n) is 1.90. The molecule has 0 amide bonds. The van der Waals surface area contributed by atoms with Gasteiger partial charge in [0.15, 0.2) is 6.29 Å². The molecule has 2 rings (SSSR count). The number of ether oxygens (including phenoxy) is 2. The molecular formula is C14H14N2O3. The Bertz CT molecular complexity index is 612. The summed E-state index contributed by atoms with van der Waals surface area (Å²) in [5.41, 5.74) is 2.76. The first-order chi connectivity index (χ1) is 9.19. The van der Waals surface area contributed by atoms with E-state index in [1.54, 1.807) is 26.4 Å². The third-order valence-electron chi connectivity index (χ3n) is 2.79. The van der Waals surface area contributed by atoms with Gasteiger partial charge in [0.25, 0.3) is 0 Å². The van der Waals surface area contributed by atoms with Gasteiger partial charge in [0.2, 0.25) is 0 Å². The number of aryl methyl sites for hydroxylation is 1. The molecule has 0 aliphatic rings. The van der Waals surface area contributed by atoms with E-state index >= 15 is 0 Å². The van der Waals surface area contributed by atoms with Gasteiger partial charge in [-0.15, -0.1) is 0 Å². The van der Waals surface area contributed by atoms with Gasteiger partial charge in [0, 0.05) is 11.6 Å². The van der Waals surface area contributed by atoms with Crippen LogP contribution in [0, 0.1) is 6.92 Å². The monoisotopic (exact) mass is 258 g/mol. The van der Waals surface area contributed by atoms with E-state index in [4.69, 9.17) is 9.47 Å². The van der Waals surface area contributed by atoms with E-state index in [2.05, 4.69) is 9.97 Å². The highest BCUT2D eigenvalue weighted by Crippen LogP contribution is 2.35. The summed E-state index contributed by atoms with van der Waals surface area (Å²) >= 11 is 0. The average Bonchev–Trinajstić information content (AvgIpc) is 2.46. The first-order valence-electron chi connectivity index (χ1n) is 5.69. The van der Waals surface area contributed by atoms with Crippen LogP contribution >= 0.6 is 0 Å². The van der Waals surface area contributed by atoms with Crippen molar-refractivity contribution in [3.05, 3.63) is 35.8 Å². The van der Waals surface area contributed by atoms with Crippen molar-refractivity contribution < 1.29 is 14.3 Å². The number of aldehydes is 1. The summed E-state index contributed by atoms with van der Waals surface area (Å²) in [4.78, 5) is 18.8. The fourth-order valence-corrected chi connectivity index (χ4v) is 1.90. The molecule has 0 spiro atoms. The molecule has 98 valence electrons. The van der Waals surface area contributed by atoms with Crippen LogP contribution in [0.3, 0.4) is 0 Å². The van der Waals surface area contributed by atoms with Crippen molar-refractivity contribution in [1.82, 2.24) is 9.97 Å². The van der Waals surface area contributed by atoms with Gasteiger partial charge >= 0.3 is 0 Å². The van der Waals surface area contributed by atoms with Crippen LogP contribution in [0.25, 0.3) is 11.3 Å². The largest absolute Gasteiger partial charge is 0.497 e. The lowest BCUT2D eigenvalue weighted by molar-refractivity contribution is 0.111. The molecule has 1 aromatic carbocycles. The van der Waals surface area contributed by atoms with Gasteiger partial charge in [0.1, 0.15) is 23.5 Å². The summed E-state index contributed by atoms with van der Waals surface area (Å²) < 4.78 is 10.6. The first kappa shape index (κ1) is 13.0. The number of aromatic nitrogens is 2. The van der Waals surface area contributed by atoms with Crippen LogP contribution in [0.1, 0.15) is 16.1 Å². The SMILES string of the molecule is COc1cc(C)c(-c2cc(C=O)ncn2)c(OC)c1. The third kappa shape index (κ3) is 2.54. The average molecular weight is 258 g/mol. The molecule has 0 fully saturated rings. The smallest absolute Gasteiger partial charge is 0.168 e. The summed E-state index contributed by atoms with van der Waals surface area (Å²) in [6.07, 6.45) is 2.05. The molecule has 0 aliphatic heterocycles. The zero-order chi connectivity index (χ0) is 13.8. The van der Waals surface area contributed by atoms with Gasteiger partial charge < -0.3 is 9.47 Å². The molecule has 0 bridgehead atoms. The maximum absolute atomic E-state index is 10.8. The van der Waals surface area contributed by atoms with Crippen LogP contribution in [-0.4, -0.2) is 30.5 Å². The Morgan fingerprint density at radius 2 is 1.89 bits per heavy atom. The minimum absolute atomic E-state index is 0.335. The molecular weight excluding hydrogens is 244 g/mol. The van der Waals surface area contributed by atoms with Gasteiger partial charge in [-0.3, -0.25) is 4.79 Å². The Morgan fingerprint density at radius 3 is 2.53 bits per heavy atom. The third-order valence-corrected chi connectivity index (χ3v) is 2.79. The minimum Gasteiger partial charge on any atom is -0.497 e. The lowest BCUT2D eigenvalue weighted by Crippen LogP contribution is -1.97. The van der Waals surface area contributed by atoms with E-state index in [0.717, 1.165) is 11.1 Å². The van der Waals surface area contributed by atoms with E-state index in [1.165, 1.54) is 6.33 Å². The highest BCUT2D eigenvalue weighted by Gasteiger charge is 2.13. The number of nitrogens with zero attached hydrogens (tertiary/aromatic N) is 2. The number of hydrogen-bond donors (Lipinski definition) is 0. The van der Waals surface area contributed by atoms with E-state index in [0.29, 0.717) is 29.2 Å². The van der Waals surface area contributed by atoms with Crippen molar-refractivity contribution in [3.8, 4) is 22.8 Å². The number of rotatable bonds is 4. The Hall–Kier alpha value is -2.43. The second-order valence-electron chi connectivity index (χ2n) is 3.97. The van der Waals surface area contributed by atoms with Crippen molar-refractivity contribution in [2.75, 3.05) is 14.2 Å². The van der Waals surface area contributed by atoms with Crippen LogP contribution in [0.4, 0.5) is 0 Å². The van der Waals surface area contributed by atoms with Crippen molar-refractivity contribution in [3.63, 3.8) is 0 Å². The second-order valence-corrected chi connectivity index (χ2v) is 3.97. The Kier molecular flexibility index (Phi) is 3.75.